The zero-order chi connectivity index (χ0) is 16.6. The number of benzene rings is 2. The first kappa shape index (κ1) is 15.3. The predicted molar refractivity (Wildman–Crippen MR) is 94.0 cm³/mol. The van der Waals surface area contributed by atoms with Gasteiger partial charge in [-0.3, -0.25) is 9.28 Å². The third-order valence-corrected chi connectivity index (χ3v) is 3.78. The maximum Gasteiger partial charge on any atom is 0.257 e. The van der Waals surface area contributed by atoms with Gasteiger partial charge in [0, 0.05) is 5.56 Å². The molecule has 2 aromatic carbocycles. The largest absolute Gasteiger partial charge is 0.496 e. The maximum absolute atomic E-state index is 13.2. The normalized spacial score (nSPS) is 11.7. The van der Waals surface area contributed by atoms with Gasteiger partial charge in [-0.25, -0.2) is 0 Å². The van der Waals surface area contributed by atoms with Crippen LogP contribution in [0.2, 0.25) is 0 Å². The van der Waals surface area contributed by atoms with Crippen molar-refractivity contribution in [3.8, 4) is 17.1 Å². The van der Waals surface area contributed by atoms with Crippen molar-refractivity contribution in [2.45, 2.75) is 0 Å². The standard InChI is InChI=1S/C19H20NO3/c1-20(2,3)17-18(21)16-14(22-4)11-8-12-15(16)23-19(17)13-9-6-5-7-10-13/h5-12H,1-4H3/q+1. The fourth-order valence-electron chi connectivity index (χ4n) is 2.76. The number of methoxy groups -OCH3 is 1. The van der Waals surface area contributed by atoms with Crippen LogP contribution in [0.15, 0.2) is 57.7 Å². The molecule has 0 unspecified atom stereocenters. The Bertz CT molecular complexity index is 906. The zero-order valence-electron chi connectivity index (χ0n) is 13.8. The van der Waals surface area contributed by atoms with E-state index >= 15 is 0 Å². The first-order valence-corrected chi connectivity index (χ1v) is 7.44. The first-order valence-electron chi connectivity index (χ1n) is 7.44. The molecule has 3 aromatic rings. The van der Waals surface area contributed by atoms with Crippen LogP contribution in [0.5, 0.6) is 5.75 Å². The first-order chi connectivity index (χ1) is 10.9. The Morgan fingerprint density at radius 2 is 1.65 bits per heavy atom. The molecular weight excluding hydrogens is 290 g/mol. The summed E-state index contributed by atoms with van der Waals surface area (Å²) in [5.41, 5.74) is 1.96. The van der Waals surface area contributed by atoms with Gasteiger partial charge in [0.15, 0.2) is 5.76 Å². The Morgan fingerprint density at radius 1 is 0.957 bits per heavy atom. The zero-order valence-corrected chi connectivity index (χ0v) is 13.8. The van der Waals surface area contributed by atoms with Gasteiger partial charge in [-0.15, -0.1) is 0 Å². The van der Waals surface area contributed by atoms with Crippen LogP contribution in [0.3, 0.4) is 0 Å². The van der Waals surface area contributed by atoms with Gasteiger partial charge < -0.3 is 9.15 Å². The van der Waals surface area contributed by atoms with Gasteiger partial charge in [-0.2, -0.15) is 0 Å². The molecule has 4 heteroatoms. The molecule has 0 aliphatic heterocycles. The molecule has 0 saturated heterocycles. The van der Waals surface area contributed by atoms with Crippen LogP contribution in [0, 0.1) is 0 Å². The molecule has 0 fully saturated rings. The van der Waals surface area contributed by atoms with Gasteiger partial charge in [0.1, 0.15) is 16.7 Å². The molecule has 23 heavy (non-hydrogen) atoms. The number of hydrogen-bond acceptors (Lipinski definition) is 3. The molecule has 4 nitrogen and oxygen atoms in total. The Morgan fingerprint density at radius 3 is 2.26 bits per heavy atom. The summed E-state index contributed by atoms with van der Waals surface area (Å²) in [6.07, 6.45) is 0. The molecule has 0 spiro atoms. The van der Waals surface area contributed by atoms with Crippen LogP contribution in [0.1, 0.15) is 0 Å². The van der Waals surface area contributed by atoms with E-state index in [1.807, 2.05) is 57.5 Å². The van der Waals surface area contributed by atoms with E-state index in [4.69, 9.17) is 9.15 Å². The third kappa shape index (κ3) is 2.62. The van der Waals surface area contributed by atoms with Crippen molar-refractivity contribution in [3.63, 3.8) is 0 Å². The number of rotatable bonds is 3. The average molecular weight is 310 g/mol. The van der Waals surface area contributed by atoms with Gasteiger partial charge in [-0.1, -0.05) is 36.4 Å². The van der Waals surface area contributed by atoms with E-state index in [-0.39, 0.29) is 5.43 Å². The summed E-state index contributed by atoms with van der Waals surface area (Å²) in [5.74, 6) is 1.13. The van der Waals surface area contributed by atoms with Crippen molar-refractivity contribution >= 4 is 16.7 Å². The van der Waals surface area contributed by atoms with Crippen LogP contribution in [0.4, 0.5) is 5.69 Å². The monoisotopic (exact) mass is 310 g/mol. The van der Waals surface area contributed by atoms with Crippen LogP contribution in [-0.4, -0.2) is 28.3 Å². The number of fused-ring (bicyclic) bond motifs is 1. The summed E-state index contributed by atoms with van der Waals surface area (Å²) < 4.78 is 11.8. The highest BCUT2D eigenvalue weighted by molar-refractivity contribution is 5.89. The van der Waals surface area contributed by atoms with Gasteiger partial charge in [0.2, 0.25) is 5.69 Å². The van der Waals surface area contributed by atoms with Crippen molar-refractivity contribution in [1.29, 1.82) is 0 Å². The smallest absolute Gasteiger partial charge is 0.257 e. The van der Waals surface area contributed by atoms with Crippen molar-refractivity contribution in [2.24, 2.45) is 0 Å². The third-order valence-electron chi connectivity index (χ3n) is 3.78. The van der Waals surface area contributed by atoms with Crippen LogP contribution in [0.25, 0.3) is 22.3 Å². The van der Waals surface area contributed by atoms with Crippen LogP contribution in [-0.2, 0) is 0 Å². The molecule has 1 heterocycles. The molecule has 0 radical (unpaired) electrons. The summed E-state index contributed by atoms with van der Waals surface area (Å²) in [7, 11) is 7.44. The molecule has 3 rings (SSSR count). The van der Waals surface area contributed by atoms with E-state index in [9.17, 15) is 4.79 Å². The van der Waals surface area contributed by atoms with Gasteiger partial charge in [0.25, 0.3) is 5.43 Å². The summed E-state index contributed by atoms with van der Waals surface area (Å²) in [5, 5.41) is 0.484. The van der Waals surface area contributed by atoms with E-state index < -0.39 is 0 Å². The van der Waals surface area contributed by atoms with Crippen LogP contribution >= 0.6 is 0 Å². The SMILES string of the molecule is COc1cccc2oc(-c3ccccc3)c([N+](C)(C)C)c(=O)c12. The number of quaternary nitrogens is 1. The number of nitrogens with zero attached hydrogens (tertiary/aromatic N) is 1. The quantitative estimate of drug-likeness (QED) is 0.693. The second kappa shape index (κ2) is 5.56. The highest BCUT2D eigenvalue weighted by Gasteiger charge is 2.28. The minimum atomic E-state index is -0.0601. The lowest BCUT2D eigenvalue weighted by Gasteiger charge is -2.24. The van der Waals surface area contributed by atoms with Crippen molar-refractivity contribution in [2.75, 3.05) is 28.3 Å². The minimum absolute atomic E-state index is 0.0601. The lowest BCUT2D eigenvalue weighted by molar-refractivity contribution is 0.418. The van der Waals surface area contributed by atoms with E-state index in [0.29, 0.717) is 32.6 Å². The van der Waals surface area contributed by atoms with Crippen molar-refractivity contribution in [3.05, 3.63) is 58.8 Å². The molecular formula is C19H20NO3+. The Kier molecular flexibility index (Phi) is 3.70. The van der Waals surface area contributed by atoms with Gasteiger partial charge >= 0.3 is 0 Å². The summed E-state index contributed by atoms with van der Waals surface area (Å²) >= 11 is 0. The fourth-order valence-corrected chi connectivity index (χ4v) is 2.76. The molecule has 0 amide bonds. The van der Waals surface area contributed by atoms with Crippen LogP contribution < -0.4 is 14.6 Å². The van der Waals surface area contributed by atoms with Crippen molar-refractivity contribution in [1.82, 2.24) is 4.48 Å². The molecule has 1 aromatic heterocycles. The van der Waals surface area contributed by atoms with E-state index in [2.05, 4.69) is 0 Å². The molecule has 118 valence electrons. The second-order valence-electron chi connectivity index (χ2n) is 6.32. The number of hydrogen-bond donors (Lipinski definition) is 0. The van der Waals surface area contributed by atoms with Gasteiger partial charge in [0.05, 0.1) is 28.3 Å². The summed E-state index contributed by atoms with van der Waals surface area (Å²) in [4.78, 5) is 13.2. The molecule has 0 atom stereocenters. The Balaban J connectivity index is 2.48. The van der Waals surface area contributed by atoms with E-state index in [1.165, 1.54) is 0 Å². The van der Waals surface area contributed by atoms with Gasteiger partial charge in [-0.05, 0) is 12.1 Å². The fraction of sp³-hybridized carbons (Fsp3) is 0.211. The highest BCUT2D eigenvalue weighted by Crippen LogP contribution is 2.35. The molecule has 0 bridgehead atoms. The van der Waals surface area contributed by atoms with Crippen molar-refractivity contribution < 1.29 is 9.15 Å². The maximum atomic E-state index is 13.2. The highest BCUT2D eigenvalue weighted by atomic mass is 16.5. The minimum Gasteiger partial charge on any atom is -0.496 e. The van der Waals surface area contributed by atoms with E-state index in [0.717, 1.165) is 5.56 Å². The lowest BCUT2D eigenvalue weighted by Crippen LogP contribution is -2.39. The average Bonchev–Trinajstić information content (AvgIpc) is 2.53. The second-order valence-corrected chi connectivity index (χ2v) is 6.32. The molecule has 0 aliphatic carbocycles. The lowest BCUT2D eigenvalue weighted by atomic mass is 10.1. The molecule has 0 saturated carbocycles. The Hall–Kier alpha value is -2.59. The Labute approximate surface area is 135 Å². The predicted octanol–water partition coefficient (Wildman–Crippen LogP) is 3.67. The molecule has 0 aliphatic rings. The van der Waals surface area contributed by atoms with E-state index in [1.54, 1.807) is 19.2 Å². The molecule has 0 N–H and O–H groups in total. The number of ether oxygens (including phenoxy) is 1. The summed E-state index contributed by atoms with van der Waals surface area (Å²) in [6, 6.07) is 15.1. The topological polar surface area (TPSA) is 39.4 Å². The summed E-state index contributed by atoms with van der Waals surface area (Å²) in [6.45, 7) is 0.